The highest BCUT2D eigenvalue weighted by atomic mass is 32.2. The molecule has 0 aromatic heterocycles. The van der Waals surface area contributed by atoms with E-state index >= 15 is 0 Å². The fourth-order valence-corrected chi connectivity index (χ4v) is 2.73. The predicted octanol–water partition coefficient (Wildman–Crippen LogP) is 2.46. The van der Waals surface area contributed by atoms with Crippen molar-refractivity contribution in [1.82, 2.24) is 0 Å². The van der Waals surface area contributed by atoms with E-state index in [0.29, 0.717) is 28.7 Å². The van der Waals surface area contributed by atoms with Gasteiger partial charge in [-0.15, -0.1) is 0 Å². The summed E-state index contributed by atoms with van der Waals surface area (Å²) in [5, 5.41) is 0. The zero-order valence-corrected chi connectivity index (χ0v) is 12.1. The second-order valence-corrected chi connectivity index (χ2v) is 5.65. The molecule has 1 atom stereocenters. The molecule has 2 N–H and O–H groups in total. The van der Waals surface area contributed by atoms with Gasteiger partial charge in [0.1, 0.15) is 18.1 Å². The summed E-state index contributed by atoms with van der Waals surface area (Å²) in [7, 11) is 0.356. The Kier molecular flexibility index (Phi) is 5.01. The van der Waals surface area contributed by atoms with E-state index in [-0.39, 0.29) is 0 Å². The second kappa shape index (κ2) is 6.96. The van der Waals surface area contributed by atoms with Crippen LogP contribution < -0.4 is 15.2 Å². The lowest BCUT2D eigenvalue weighted by atomic mass is 10.3. The minimum Gasteiger partial charge on any atom is -0.497 e. The first-order valence-corrected chi connectivity index (χ1v) is 7.52. The number of anilines is 1. The molecule has 1 unspecified atom stereocenters. The highest BCUT2D eigenvalue weighted by molar-refractivity contribution is 7.85. The van der Waals surface area contributed by atoms with E-state index in [1.165, 1.54) is 0 Å². The number of nitrogens with two attached hydrogens (primary N) is 1. The molecule has 5 heteroatoms. The van der Waals surface area contributed by atoms with Crippen LogP contribution in [0.1, 0.15) is 0 Å². The molecule has 0 saturated carbocycles. The van der Waals surface area contributed by atoms with Crippen molar-refractivity contribution < 1.29 is 13.7 Å². The summed E-state index contributed by atoms with van der Waals surface area (Å²) in [5.41, 5.74) is 6.34. The zero-order valence-electron chi connectivity index (χ0n) is 11.2. The van der Waals surface area contributed by atoms with Crippen LogP contribution in [0.15, 0.2) is 53.4 Å². The fourth-order valence-electron chi connectivity index (χ4n) is 1.70. The van der Waals surface area contributed by atoms with Crippen LogP contribution in [0.25, 0.3) is 0 Å². The Hall–Kier alpha value is -2.01. The van der Waals surface area contributed by atoms with Gasteiger partial charge in [-0.25, -0.2) is 0 Å². The Bertz CT molecular complexity index is 587. The highest BCUT2D eigenvalue weighted by Gasteiger charge is 2.09. The van der Waals surface area contributed by atoms with Crippen LogP contribution >= 0.6 is 0 Å². The van der Waals surface area contributed by atoms with Crippen molar-refractivity contribution in [1.29, 1.82) is 0 Å². The summed E-state index contributed by atoms with van der Waals surface area (Å²) >= 11 is 0. The molecule has 0 aliphatic carbocycles. The largest absolute Gasteiger partial charge is 0.497 e. The van der Waals surface area contributed by atoms with Gasteiger partial charge in [0.05, 0.1) is 28.6 Å². The second-order valence-electron chi connectivity index (χ2n) is 4.11. The molecule has 0 heterocycles. The summed E-state index contributed by atoms with van der Waals surface area (Å²) < 4.78 is 22.9. The van der Waals surface area contributed by atoms with E-state index in [0.717, 1.165) is 5.75 Å². The van der Waals surface area contributed by atoms with Gasteiger partial charge in [0, 0.05) is 5.69 Å². The molecule has 4 nitrogen and oxygen atoms in total. The molecule has 0 aliphatic rings. The van der Waals surface area contributed by atoms with E-state index in [1.807, 2.05) is 30.3 Å². The lowest BCUT2D eigenvalue weighted by Gasteiger charge is -2.09. The molecule has 0 radical (unpaired) electrons. The summed E-state index contributed by atoms with van der Waals surface area (Å²) in [6.45, 7) is 0.368. The Morgan fingerprint density at radius 2 is 1.85 bits per heavy atom. The number of hydrogen-bond acceptors (Lipinski definition) is 4. The average molecular weight is 291 g/mol. The molecule has 0 fully saturated rings. The van der Waals surface area contributed by atoms with Gasteiger partial charge in [-0.1, -0.05) is 18.2 Å². The number of methoxy groups -OCH3 is 1. The number of benzene rings is 2. The molecular formula is C15H17NO3S. The molecule has 2 aromatic carbocycles. The SMILES string of the molecule is COc1ccc(N)c(S(=O)CCOc2ccccc2)c1. The van der Waals surface area contributed by atoms with Gasteiger partial charge in [0.15, 0.2) is 0 Å². The Balaban J connectivity index is 1.95. The van der Waals surface area contributed by atoms with Gasteiger partial charge in [0.2, 0.25) is 0 Å². The molecule has 20 heavy (non-hydrogen) atoms. The van der Waals surface area contributed by atoms with Crippen LogP contribution in [0.2, 0.25) is 0 Å². The smallest absolute Gasteiger partial charge is 0.120 e. The van der Waals surface area contributed by atoms with Crippen molar-refractivity contribution in [3.8, 4) is 11.5 Å². The van der Waals surface area contributed by atoms with Gasteiger partial charge < -0.3 is 15.2 Å². The van der Waals surface area contributed by atoms with Gasteiger partial charge >= 0.3 is 0 Å². The lowest BCUT2D eigenvalue weighted by Crippen LogP contribution is -2.10. The number of rotatable bonds is 6. The van der Waals surface area contributed by atoms with Crippen LogP contribution in [0.3, 0.4) is 0 Å². The van der Waals surface area contributed by atoms with Crippen molar-refractivity contribution >= 4 is 16.5 Å². The van der Waals surface area contributed by atoms with Crippen molar-refractivity contribution in [2.45, 2.75) is 4.90 Å². The monoisotopic (exact) mass is 291 g/mol. The van der Waals surface area contributed by atoms with E-state index in [9.17, 15) is 4.21 Å². The third-order valence-corrected chi connectivity index (χ3v) is 4.13. The Labute approximate surface area is 121 Å². The van der Waals surface area contributed by atoms with Gasteiger partial charge in [-0.05, 0) is 30.3 Å². The van der Waals surface area contributed by atoms with Crippen molar-refractivity contribution in [3.63, 3.8) is 0 Å². The number of hydrogen-bond donors (Lipinski definition) is 1. The molecule has 0 amide bonds. The summed E-state index contributed by atoms with van der Waals surface area (Å²) in [4.78, 5) is 0.584. The normalized spacial score (nSPS) is 11.8. The maximum absolute atomic E-state index is 12.2. The zero-order chi connectivity index (χ0) is 14.4. The molecule has 2 rings (SSSR count). The summed E-state index contributed by atoms with van der Waals surface area (Å²) in [6, 6.07) is 14.6. The first-order chi connectivity index (χ1) is 9.70. The van der Waals surface area contributed by atoms with Crippen LogP contribution in [-0.4, -0.2) is 23.7 Å². The topological polar surface area (TPSA) is 61.5 Å². The van der Waals surface area contributed by atoms with Gasteiger partial charge in [0.25, 0.3) is 0 Å². The molecule has 0 spiro atoms. The van der Waals surface area contributed by atoms with Gasteiger partial charge in [-0.2, -0.15) is 0 Å². The fraction of sp³-hybridized carbons (Fsp3) is 0.200. The van der Waals surface area contributed by atoms with Crippen molar-refractivity contribution in [2.24, 2.45) is 0 Å². The third kappa shape index (κ3) is 3.74. The predicted molar refractivity (Wildman–Crippen MR) is 80.6 cm³/mol. The first kappa shape index (κ1) is 14.4. The highest BCUT2D eigenvalue weighted by Crippen LogP contribution is 2.22. The minimum absolute atomic E-state index is 0.368. The van der Waals surface area contributed by atoms with E-state index < -0.39 is 10.8 Å². The standard InChI is InChI=1S/C15H17NO3S/c1-18-13-7-8-14(16)15(11-13)20(17)10-9-19-12-5-3-2-4-6-12/h2-8,11H,9-10,16H2,1H3. The number of ether oxygens (including phenoxy) is 2. The number of nitrogen functional groups attached to an aromatic ring is 1. The van der Waals surface area contributed by atoms with Crippen molar-refractivity contribution in [2.75, 3.05) is 25.2 Å². The number of para-hydroxylation sites is 1. The molecule has 0 saturated heterocycles. The van der Waals surface area contributed by atoms with E-state index in [4.69, 9.17) is 15.2 Å². The van der Waals surface area contributed by atoms with E-state index in [1.54, 1.807) is 25.3 Å². The Morgan fingerprint density at radius 3 is 2.55 bits per heavy atom. The summed E-state index contributed by atoms with van der Waals surface area (Å²) in [5.74, 6) is 1.79. The van der Waals surface area contributed by atoms with Crippen LogP contribution in [-0.2, 0) is 10.8 Å². The van der Waals surface area contributed by atoms with Crippen molar-refractivity contribution in [3.05, 3.63) is 48.5 Å². The minimum atomic E-state index is -1.21. The molecule has 0 aliphatic heterocycles. The molecule has 2 aromatic rings. The quantitative estimate of drug-likeness (QED) is 0.831. The Morgan fingerprint density at radius 1 is 1.10 bits per heavy atom. The maximum Gasteiger partial charge on any atom is 0.120 e. The molecular weight excluding hydrogens is 274 g/mol. The van der Waals surface area contributed by atoms with Crippen LogP contribution in [0, 0.1) is 0 Å². The third-order valence-electron chi connectivity index (χ3n) is 2.75. The first-order valence-electron chi connectivity index (χ1n) is 6.20. The lowest BCUT2D eigenvalue weighted by molar-refractivity contribution is 0.342. The molecule has 0 bridgehead atoms. The van der Waals surface area contributed by atoms with E-state index in [2.05, 4.69) is 0 Å². The van der Waals surface area contributed by atoms with Crippen LogP contribution in [0.5, 0.6) is 11.5 Å². The maximum atomic E-state index is 12.2. The summed E-state index contributed by atoms with van der Waals surface area (Å²) in [6.07, 6.45) is 0. The van der Waals surface area contributed by atoms with Crippen LogP contribution in [0.4, 0.5) is 5.69 Å². The molecule has 106 valence electrons. The van der Waals surface area contributed by atoms with Gasteiger partial charge in [-0.3, -0.25) is 4.21 Å². The average Bonchev–Trinajstić information content (AvgIpc) is 2.48.